The Bertz CT molecular complexity index is 363. The molecule has 0 saturated carbocycles. The Hall–Kier alpha value is -0.870. The number of anilines is 1. The maximum atomic E-state index is 9.90. The molecule has 0 aliphatic carbocycles. The van der Waals surface area contributed by atoms with Crippen LogP contribution in [0.1, 0.15) is 45.4 Å². The molecule has 0 aliphatic heterocycles. The van der Waals surface area contributed by atoms with E-state index in [9.17, 15) is 5.11 Å². The molecule has 1 heterocycles. The van der Waals surface area contributed by atoms with E-state index in [0.717, 1.165) is 6.42 Å². The van der Waals surface area contributed by atoms with E-state index in [1.165, 1.54) is 0 Å². The highest BCUT2D eigenvalue weighted by atomic mass is 35.5. The molecule has 0 fully saturated rings. The predicted molar refractivity (Wildman–Crippen MR) is 65.1 cm³/mol. The zero-order valence-electron chi connectivity index (χ0n) is 9.87. The minimum absolute atomic E-state index is 0.187. The van der Waals surface area contributed by atoms with Crippen molar-refractivity contribution in [1.29, 1.82) is 0 Å². The van der Waals surface area contributed by atoms with Gasteiger partial charge in [0.1, 0.15) is 0 Å². The van der Waals surface area contributed by atoms with Gasteiger partial charge in [0.05, 0.1) is 16.8 Å². The normalized spacial score (nSPS) is 13.8. The smallest absolute Gasteiger partial charge is 0.164 e. The molecule has 1 aromatic heterocycles. The van der Waals surface area contributed by atoms with Crippen molar-refractivity contribution in [2.45, 2.75) is 39.7 Å². The fourth-order valence-corrected chi connectivity index (χ4v) is 1.42. The number of hydrogen-bond acceptors (Lipinski definition) is 4. The largest absolute Gasteiger partial charge is 0.387 e. The van der Waals surface area contributed by atoms with Crippen molar-refractivity contribution in [3.05, 3.63) is 16.8 Å². The first-order valence-corrected chi connectivity index (χ1v) is 5.64. The first-order chi connectivity index (χ1) is 7.29. The molecule has 5 heteroatoms. The number of halogens is 1. The van der Waals surface area contributed by atoms with E-state index in [2.05, 4.69) is 31.0 Å². The van der Waals surface area contributed by atoms with Crippen LogP contribution in [0.25, 0.3) is 0 Å². The number of rotatable bonds is 3. The van der Waals surface area contributed by atoms with Crippen molar-refractivity contribution in [3.63, 3.8) is 0 Å². The summed E-state index contributed by atoms with van der Waals surface area (Å²) >= 11 is 5.81. The van der Waals surface area contributed by atoms with Crippen molar-refractivity contribution >= 4 is 17.4 Å². The van der Waals surface area contributed by atoms with Crippen LogP contribution in [0.2, 0.25) is 5.02 Å². The molecule has 0 saturated heterocycles. The van der Waals surface area contributed by atoms with Gasteiger partial charge < -0.3 is 10.8 Å². The van der Waals surface area contributed by atoms with Gasteiger partial charge in [0.2, 0.25) is 0 Å². The fourth-order valence-electron chi connectivity index (χ4n) is 1.27. The zero-order chi connectivity index (χ0) is 12.3. The Labute approximate surface area is 101 Å². The monoisotopic (exact) mass is 243 g/mol. The first-order valence-electron chi connectivity index (χ1n) is 5.26. The molecule has 0 bridgehead atoms. The molecule has 1 rings (SSSR count). The van der Waals surface area contributed by atoms with Gasteiger partial charge in [-0.2, -0.15) is 5.10 Å². The second-order valence-corrected chi connectivity index (χ2v) is 5.52. The topological polar surface area (TPSA) is 72.0 Å². The number of nitrogens with two attached hydrogens (primary N) is 1. The molecular weight excluding hydrogens is 226 g/mol. The maximum absolute atomic E-state index is 9.90. The van der Waals surface area contributed by atoms with E-state index in [1.807, 2.05) is 0 Å². The molecule has 0 radical (unpaired) electrons. The van der Waals surface area contributed by atoms with Gasteiger partial charge in [-0.3, -0.25) is 0 Å². The molecule has 0 aliphatic rings. The first kappa shape index (κ1) is 13.2. The summed E-state index contributed by atoms with van der Waals surface area (Å²) in [5.74, 6) is 0.188. The summed E-state index contributed by atoms with van der Waals surface area (Å²) in [6.07, 6.45) is 0.904. The second-order valence-electron chi connectivity index (χ2n) is 5.12. The lowest BCUT2D eigenvalue weighted by molar-refractivity contribution is 0.142. The zero-order valence-corrected chi connectivity index (χ0v) is 10.6. The van der Waals surface area contributed by atoms with Gasteiger partial charge in [-0.25, -0.2) is 0 Å². The van der Waals surface area contributed by atoms with Gasteiger partial charge in [-0.1, -0.05) is 32.4 Å². The number of hydrogen-bond donors (Lipinski definition) is 2. The molecule has 0 amide bonds. The van der Waals surface area contributed by atoms with E-state index in [1.54, 1.807) is 6.07 Å². The lowest BCUT2D eigenvalue weighted by atomic mass is 9.89. The third-order valence-corrected chi connectivity index (χ3v) is 2.60. The lowest BCUT2D eigenvalue weighted by Gasteiger charge is -2.19. The van der Waals surface area contributed by atoms with Crippen LogP contribution < -0.4 is 5.73 Å². The molecule has 3 N–H and O–H groups in total. The standard InChI is InChI=1S/C11H18ClN3O/c1-11(2,3)5-4-9(16)8-6-7(12)10(13)15-14-8/h6,9,16H,4-5H2,1-3H3,(H2,13,15)/t9-/m0/s1. The van der Waals surface area contributed by atoms with Gasteiger partial charge in [0.25, 0.3) is 0 Å². The van der Waals surface area contributed by atoms with Crippen molar-refractivity contribution in [1.82, 2.24) is 10.2 Å². The van der Waals surface area contributed by atoms with Crippen LogP contribution >= 0.6 is 11.6 Å². The van der Waals surface area contributed by atoms with Gasteiger partial charge in [0.15, 0.2) is 5.82 Å². The Morgan fingerprint density at radius 3 is 2.56 bits per heavy atom. The Morgan fingerprint density at radius 1 is 1.44 bits per heavy atom. The highest BCUT2D eigenvalue weighted by molar-refractivity contribution is 6.32. The highest BCUT2D eigenvalue weighted by Gasteiger charge is 2.16. The van der Waals surface area contributed by atoms with Crippen LogP contribution in [-0.2, 0) is 0 Å². The Kier molecular flexibility index (Phi) is 4.10. The van der Waals surface area contributed by atoms with Crippen LogP contribution in [0.5, 0.6) is 0 Å². The number of nitrogen functional groups attached to an aromatic ring is 1. The van der Waals surface area contributed by atoms with E-state index < -0.39 is 6.10 Å². The van der Waals surface area contributed by atoms with Gasteiger partial charge in [-0.15, -0.1) is 5.10 Å². The van der Waals surface area contributed by atoms with Crippen LogP contribution in [0, 0.1) is 5.41 Å². The van der Waals surface area contributed by atoms with E-state index in [-0.39, 0.29) is 11.2 Å². The predicted octanol–water partition coefficient (Wildman–Crippen LogP) is 2.57. The minimum atomic E-state index is -0.634. The summed E-state index contributed by atoms with van der Waals surface area (Å²) in [6.45, 7) is 6.38. The summed E-state index contributed by atoms with van der Waals surface area (Å²) in [7, 11) is 0. The highest BCUT2D eigenvalue weighted by Crippen LogP contribution is 2.27. The molecule has 4 nitrogen and oxygen atoms in total. The second kappa shape index (κ2) is 4.97. The number of aliphatic hydroxyl groups is 1. The molecule has 16 heavy (non-hydrogen) atoms. The third-order valence-electron chi connectivity index (χ3n) is 2.30. The van der Waals surface area contributed by atoms with Crippen molar-refractivity contribution in [2.24, 2.45) is 5.41 Å². The molecule has 0 aromatic carbocycles. The minimum Gasteiger partial charge on any atom is -0.387 e. The lowest BCUT2D eigenvalue weighted by Crippen LogP contribution is -2.10. The van der Waals surface area contributed by atoms with Crippen LogP contribution in [0.3, 0.4) is 0 Å². The third kappa shape index (κ3) is 3.94. The average molecular weight is 244 g/mol. The number of nitrogens with zero attached hydrogens (tertiary/aromatic N) is 2. The summed E-state index contributed by atoms with van der Waals surface area (Å²) in [5, 5.41) is 17.7. The van der Waals surface area contributed by atoms with Gasteiger partial charge >= 0.3 is 0 Å². The SMILES string of the molecule is CC(C)(C)CC[C@H](O)c1cc(Cl)c(N)nn1. The summed E-state index contributed by atoms with van der Waals surface area (Å²) in [6, 6.07) is 1.57. The van der Waals surface area contributed by atoms with E-state index >= 15 is 0 Å². The Balaban J connectivity index is 2.66. The Morgan fingerprint density at radius 2 is 2.06 bits per heavy atom. The quantitative estimate of drug-likeness (QED) is 0.856. The summed E-state index contributed by atoms with van der Waals surface area (Å²) < 4.78 is 0. The van der Waals surface area contributed by atoms with E-state index in [0.29, 0.717) is 17.1 Å². The molecular formula is C11H18ClN3O. The van der Waals surface area contributed by atoms with Crippen molar-refractivity contribution in [3.8, 4) is 0 Å². The van der Waals surface area contributed by atoms with Gasteiger partial charge in [-0.05, 0) is 24.3 Å². The van der Waals surface area contributed by atoms with Crippen LogP contribution in [-0.4, -0.2) is 15.3 Å². The van der Waals surface area contributed by atoms with E-state index in [4.69, 9.17) is 17.3 Å². The molecule has 0 unspecified atom stereocenters. The van der Waals surface area contributed by atoms with Crippen molar-refractivity contribution < 1.29 is 5.11 Å². The molecule has 1 atom stereocenters. The van der Waals surface area contributed by atoms with Crippen LogP contribution in [0.4, 0.5) is 5.82 Å². The summed E-state index contributed by atoms with van der Waals surface area (Å²) in [5.41, 5.74) is 6.11. The molecule has 0 spiro atoms. The molecule has 90 valence electrons. The van der Waals surface area contributed by atoms with Crippen molar-refractivity contribution in [2.75, 3.05) is 5.73 Å². The summed E-state index contributed by atoms with van der Waals surface area (Å²) in [4.78, 5) is 0. The number of aromatic nitrogens is 2. The average Bonchev–Trinajstić information content (AvgIpc) is 2.17. The fraction of sp³-hybridized carbons (Fsp3) is 0.636. The van der Waals surface area contributed by atoms with Gasteiger partial charge in [0, 0.05) is 0 Å². The molecule has 1 aromatic rings. The number of aliphatic hydroxyl groups excluding tert-OH is 1. The van der Waals surface area contributed by atoms with Crippen LogP contribution in [0.15, 0.2) is 6.07 Å². The maximum Gasteiger partial charge on any atom is 0.164 e.